The van der Waals surface area contributed by atoms with Gasteiger partial charge in [0, 0.05) is 17.8 Å². The SMILES string of the molecule is NCCS(=O)(=O)Nc1ccc(C(N)=O)cc1. The van der Waals surface area contributed by atoms with E-state index in [0.717, 1.165) is 0 Å². The van der Waals surface area contributed by atoms with Crippen LogP contribution in [0.5, 0.6) is 0 Å². The van der Waals surface area contributed by atoms with Crippen molar-refractivity contribution in [3.8, 4) is 0 Å². The molecule has 5 N–H and O–H groups in total. The van der Waals surface area contributed by atoms with Crippen LogP contribution in [0.3, 0.4) is 0 Å². The molecule has 7 heteroatoms. The Kier molecular flexibility index (Phi) is 3.86. The minimum Gasteiger partial charge on any atom is -0.366 e. The summed E-state index contributed by atoms with van der Waals surface area (Å²) in [7, 11) is -3.41. The van der Waals surface area contributed by atoms with E-state index in [2.05, 4.69) is 4.72 Å². The average Bonchev–Trinajstić information content (AvgIpc) is 2.17. The molecule has 1 amide bonds. The summed E-state index contributed by atoms with van der Waals surface area (Å²) in [5, 5.41) is 0. The zero-order valence-corrected chi connectivity index (χ0v) is 9.33. The largest absolute Gasteiger partial charge is 0.366 e. The van der Waals surface area contributed by atoms with Crippen molar-refractivity contribution in [2.24, 2.45) is 11.5 Å². The van der Waals surface area contributed by atoms with E-state index >= 15 is 0 Å². The molecule has 0 atom stereocenters. The van der Waals surface area contributed by atoms with Gasteiger partial charge in [0.25, 0.3) is 0 Å². The smallest absolute Gasteiger partial charge is 0.248 e. The van der Waals surface area contributed by atoms with E-state index in [0.29, 0.717) is 11.3 Å². The molecule has 0 bridgehead atoms. The lowest BCUT2D eigenvalue weighted by atomic mass is 10.2. The van der Waals surface area contributed by atoms with Crippen molar-refractivity contribution in [2.75, 3.05) is 17.0 Å². The van der Waals surface area contributed by atoms with Gasteiger partial charge < -0.3 is 11.5 Å². The van der Waals surface area contributed by atoms with E-state index in [1.165, 1.54) is 24.3 Å². The second kappa shape index (κ2) is 4.95. The molecule has 0 aliphatic heterocycles. The standard InChI is InChI=1S/C9H13N3O3S/c10-5-6-16(14,15)12-8-3-1-7(2-4-8)9(11)13/h1-4,12H,5-6,10H2,(H2,11,13). The average molecular weight is 243 g/mol. The van der Waals surface area contributed by atoms with Gasteiger partial charge in [-0.1, -0.05) is 0 Å². The normalized spacial score (nSPS) is 11.1. The number of nitrogens with two attached hydrogens (primary N) is 2. The number of nitrogens with one attached hydrogen (secondary N) is 1. The Balaban J connectivity index is 2.80. The third-order valence-corrected chi connectivity index (χ3v) is 3.15. The Morgan fingerprint density at radius 2 is 1.81 bits per heavy atom. The molecule has 0 unspecified atom stereocenters. The lowest BCUT2D eigenvalue weighted by molar-refractivity contribution is 0.100. The molecular weight excluding hydrogens is 230 g/mol. The Morgan fingerprint density at radius 3 is 2.25 bits per heavy atom. The summed E-state index contributed by atoms with van der Waals surface area (Å²) in [5.74, 6) is -0.707. The van der Waals surface area contributed by atoms with Crippen molar-refractivity contribution < 1.29 is 13.2 Å². The highest BCUT2D eigenvalue weighted by Crippen LogP contribution is 2.10. The first-order chi connectivity index (χ1) is 7.44. The number of sulfonamides is 1. The Bertz CT molecular complexity index is 467. The molecule has 6 nitrogen and oxygen atoms in total. The van der Waals surface area contributed by atoms with Gasteiger partial charge in [-0.3, -0.25) is 9.52 Å². The van der Waals surface area contributed by atoms with Gasteiger partial charge in [0.1, 0.15) is 0 Å². The van der Waals surface area contributed by atoms with E-state index in [9.17, 15) is 13.2 Å². The Hall–Kier alpha value is -1.60. The van der Waals surface area contributed by atoms with Crippen molar-refractivity contribution in [1.82, 2.24) is 0 Å². The highest BCUT2D eigenvalue weighted by molar-refractivity contribution is 7.92. The first kappa shape index (κ1) is 12.5. The molecule has 0 saturated carbocycles. The molecule has 1 aromatic carbocycles. The third kappa shape index (κ3) is 3.52. The number of anilines is 1. The van der Waals surface area contributed by atoms with Crippen LogP contribution in [0.4, 0.5) is 5.69 Å². The second-order valence-corrected chi connectivity index (χ2v) is 4.99. The monoisotopic (exact) mass is 243 g/mol. The van der Waals surface area contributed by atoms with Crippen LogP contribution in [0.2, 0.25) is 0 Å². The maximum absolute atomic E-state index is 11.3. The van der Waals surface area contributed by atoms with Crippen LogP contribution >= 0.6 is 0 Å². The van der Waals surface area contributed by atoms with Gasteiger partial charge in [-0.2, -0.15) is 0 Å². The molecule has 0 fully saturated rings. The highest BCUT2D eigenvalue weighted by atomic mass is 32.2. The molecule has 88 valence electrons. The van der Waals surface area contributed by atoms with E-state index in [1.54, 1.807) is 0 Å². The lowest BCUT2D eigenvalue weighted by Gasteiger charge is -2.06. The van der Waals surface area contributed by atoms with Crippen molar-refractivity contribution in [3.63, 3.8) is 0 Å². The summed E-state index contributed by atoms with van der Waals surface area (Å²) < 4.78 is 25.0. The van der Waals surface area contributed by atoms with Crippen LogP contribution in [-0.2, 0) is 10.0 Å². The molecule has 1 aromatic rings. The number of carbonyl (C=O) groups is 1. The molecular formula is C9H13N3O3S. The van der Waals surface area contributed by atoms with Gasteiger partial charge in [0.05, 0.1) is 5.75 Å². The van der Waals surface area contributed by atoms with Crippen LogP contribution < -0.4 is 16.2 Å². The van der Waals surface area contributed by atoms with Crippen molar-refractivity contribution in [3.05, 3.63) is 29.8 Å². The summed E-state index contributed by atoms with van der Waals surface area (Å²) in [6.45, 7) is 0.0503. The summed E-state index contributed by atoms with van der Waals surface area (Å²) in [6.07, 6.45) is 0. The molecule has 0 heterocycles. The Morgan fingerprint density at radius 1 is 1.25 bits per heavy atom. The molecule has 0 radical (unpaired) electrons. The highest BCUT2D eigenvalue weighted by Gasteiger charge is 2.08. The number of rotatable bonds is 5. The zero-order chi connectivity index (χ0) is 12.2. The molecule has 1 rings (SSSR count). The number of carbonyl (C=O) groups excluding carboxylic acids is 1. The van der Waals surface area contributed by atoms with Gasteiger partial charge in [-0.15, -0.1) is 0 Å². The molecule has 0 spiro atoms. The number of amides is 1. The first-order valence-corrected chi connectivity index (χ1v) is 6.20. The minimum absolute atomic E-state index is 0.0503. The second-order valence-electron chi connectivity index (χ2n) is 3.15. The number of benzene rings is 1. The fraction of sp³-hybridized carbons (Fsp3) is 0.222. The van der Waals surface area contributed by atoms with Crippen LogP contribution in [0.25, 0.3) is 0 Å². The van der Waals surface area contributed by atoms with Gasteiger partial charge in [0.15, 0.2) is 0 Å². The predicted octanol–water partition coefficient (Wildman–Crippen LogP) is -0.514. The summed E-state index contributed by atoms with van der Waals surface area (Å²) >= 11 is 0. The van der Waals surface area contributed by atoms with Crippen LogP contribution in [-0.4, -0.2) is 26.6 Å². The van der Waals surface area contributed by atoms with Crippen molar-refractivity contribution in [2.45, 2.75) is 0 Å². The quantitative estimate of drug-likeness (QED) is 0.645. The number of hydrogen-bond donors (Lipinski definition) is 3. The molecule has 0 aliphatic carbocycles. The van der Waals surface area contributed by atoms with E-state index < -0.39 is 15.9 Å². The van der Waals surface area contributed by atoms with Crippen LogP contribution in [0.1, 0.15) is 10.4 Å². The maximum Gasteiger partial charge on any atom is 0.248 e. The van der Waals surface area contributed by atoms with Crippen LogP contribution in [0.15, 0.2) is 24.3 Å². The van der Waals surface area contributed by atoms with Gasteiger partial charge >= 0.3 is 0 Å². The van der Waals surface area contributed by atoms with Gasteiger partial charge in [-0.25, -0.2) is 8.42 Å². The zero-order valence-electron chi connectivity index (χ0n) is 8.51. The summed E-state index contributed by atoms with van der Waals surface area (Å²) in [6, 6.07) is 5.83. The van der Waals surface area contributed by atoms with Gasteiger partial charge in [0.2, 0.25) is 15.9 Å². The van der Waals surface area contributed by atoms with Crippen LogP contribution in [0, 0.1) is 0 Å². The fourth-order valence-electron chi connectivity index (χ4n) is 1.09. The summed E-state index contributed by atoms with van der Waals surface area (Å²) in [4.78, 5) is 10.8. The third-order valence-electron chi connectivity index (χ3n) is 1.83. The molecule has 0 saturated heterocycles. The Labute approximate surface area is 93.7 Å². The topological polar surface area (TPSA) is 115 Å². The van der Waals surface area contributed by atoms with E-state index in [-0.39, 0.29) is 12.3 Å². The predicted molar refractivity (Wildman–Crippen MR) is 61.4 cm³/mol. The number of primary amides is 1. The summed E-state index contributed by atoms with van der Waals surface area (Å²) in [5.41, 5.74) is 10.9. The van der Waals surface area contributed by atoms with Gasteiger partial charge in [-0.05, 0) is 24.3 Å². The lowest BCUT2D eigenvalue weighted by Crippen LogP contribution is -2.22. The minimum atomic E-state index is -3.41. The molecule has 0 aromatic heterocycles. The first-order valence-electron chi connectivity index (χ1n) is 4.55. The van der Waals surface area contributed by atoms with Crippen molar-refractivity contribution >= 4 is 21.6 Å². The maximum atomic E-state index is 11.3. The van der Waals surface area contributed by atoms with E-state index in [4.69, 9.17) is 11.5 Å². The fourth-order valence-corrected chi connectivity index (χ4v) is 2.00. The molecule has 16 heavy (non-hydrogen) atoms. The molecule has 0 aliphatic rings. The van der Waals surface area contributed by atoms with Crippen molar-refractivity contribution in [1.29, 1.82) is 0 Å². The number of hydrogen-bond acceptors (Lipinski definition) is 4. The van der Waals surface area contributed by atoms with E-state index in [1.807, 2.05) is 0 Å².